The molecule has 0 aliphatic carbocycles. The zero-order valence-corrected chi connectivity index (χ0v) is 17.0. The summed E-state index contributed by atoms with van der Waals surface area (Å²) in [5, 5.41) is 16.5. The number of likely N-dealkylation sites (N-methyl/N-ethyl adjacent to an activating group) is 1. The van der Waals surface area contributed by atoms with Gasteiger partial charge in [-0.3, -0.25) is 9.48 Å². The van der Waals surface area contributed by atoms with Crippen LogP contribution in [0.25, 0.3) is 22.0 Å². The summed E-state index contributed by atoms with van der Waals surface area (Å²) in [6.45, 7) is 1.93. The Morgan fingerprint density at radius 1 is 1.00 bits per heavy atom. The SMILES string of the molecule is CN1CCc2cc(C(=O)Nc3cc4cc(-c5cnn(C)c5)ccc4nn3)ccc2C1. The molecule has 2 aromatic heterocycles. The Kier molecular flexibility index (Phi) is 4.52. The van der Waals surface area contributed by atoms with Crippen molar-refractivity contribution in [2.24, 2.45) is 7.05 Å². The van der Waals surface area contributed by atoms with Crippen molar-refractivity contribution >= 4 is 22.6 Å². The van der Waals surface area contributed by atoms with Gasteiger partial charge in [0.1, 0.15) is 0 Å². The van der Waals surface area contributed by atoms with Crippen molar-refractivity contribution in [3.63, 3.8) is 0 Å². The number of hydrogen-bond donors (Lipinski definition) is 1. The van der Waals surface area contributed by atoms with Gasteiger partial charge in [-0.05, 0) is 60.5 Å². The lowest BCUT2D eigenvalue weighted by Gasteiger charge is -2.25. The van der Waals surface area contributed by atoms with Gasteiger partial charge in [0.15, 0.2) is 5.82 Å². The van der Waals surface area contributed by atoms with Gasteiger partial charge < -0.3 is 10.2 Å². The molecule has 2 aromatic carbocycles. The Hall–Kier alpha value is -3.58. The fourth-order valence-corrected chi connectivity index (χ4v) is 3.88. The van der Waals surface area contributed by atoms with Gasteiger partial charge in [0.05, 0.1) is 11.7 Å². The number of nitrogens with zero attached hydrogens (tertiary/aromatic N) is 5. The minimum absolute atomic E-state index is 0.172. The van der Waals surface area contributed by atoms with Crippen LogP contribution in [-0.4, -0.2) is 44.4 Å². The third-order valence-electron chi connectivity index (χ3n) is 5.54. The first-order chi connectivity index (χ1) is 14.5. The first-order valence-electron chi connectivity index (χ1n) is 9.93. The van der Waals surface area contributed by atoms with Gasteiger partial charge in [0, 0.05) is 42.8 Å². The number of aromatic nitrogens is 4. The third kappa shape index (κ3) is 3.55. The first kappa shape index (κ1) is 18.4. The molecular formula is C23H22N6O. The molecule has 3 heterocycles. The molecule has 0 spiro atoms. The predicted molar refractivity (Wildman–Crippen MR) is 116 cm³/mol. The van der Waals surface area contributed by atoms with Crippen LogP contribution in [0, 0.1) is 0 Å². The van der Waals surface area contributed by atoms with E-state index in [9.17, 15) is 4.79 Å². The molecule has 1 aliphatic heterocycles. The first-order valence-corrected chi connectivity index (χ1v) is 9.93. The van der Waals surface area contributed by atoms with Crippen LogP contribution in [0.15, 0.2) is 54.9 Å². The molecule has 4 aromatic rings. The van der Waals surface area contributed by atoms with E-state index in [1.807, 2.05) is 61.9 Å². The van der Waals surface area contributed by atoms with Crippen molar-refractivity contribution < 1.29 is 4.79 Å². The maximum absolute atomic E-state index is 12.8. The predicted octanol–water partition coefficient (Wildman–Crippen LogP) is 3.27. The highest BCUT2D eigenvalue weighted by molar-refractivity contribution is 6.04. The van der Waals surface area contributed by atoms with Crippen LogP contribution in [0.3, 0.4) is 0 Å². The van der Waals surface area contributed by atoms with E-state index in [1.165, 1.54) is 11.1 Å². The van der Waals surface area contributed by atoms with Gasteiger partial charge in [-0.15, -0.1) is 10.2 Å². The summed E-state index contributed by atoms with van der Waals surface area (Å²) in [5.41, 5.74) is 6.02. The summed E-state index contributed by atoms with van der Waals surface area (Å²) in [6.07, 6.45) is 4.75. The van der Waals surface area contributed by atoms with E-state index >= 15 is 0 Å². The van der Waals surface area contributed by atoms with Gasteiger partial charge in [-0.25, -0.2) is 0 Å². The number of hydrogen-bond acceptors (Lipinski definition) is 5. The standard InChI is InChI=1S/C23H22N6O/c1-28-8-7-16-9-17(3-4-18(16)13-28)23(30)25-22-11-19-10-15(5-6-21(19)26-27-22)20-12-24-29(2)14-20/h3-6,9-12,14H,7-8,13H2,1-2H3,(H,25,27,30). The topological polar surface area (TPSA) is 75.9 Å². The Balaban J connectivity index is 1.40. The number of aryl methyl sites for hydroxylation is 1. The van der Waals surface area contributed by atoms with Crippen LogP contribution in [0.4, 0.5) is 5.82 Å². The summed E-state index contributed by atoms with van der Waals surface area (Å²) >= 11 is 0. The smallest absolute Gasteiger partial charge is 0.256 e. The van der Waals surface area contributed by atoms with Gasteiger partial charge in [0.25, 0.3) is 5.91 Å². The number of fused-ring (bicyclic) bond motifs is 2. The van der Waals surface area contributed by atoms with Crippen molar-refractivity contribution in [1.29, 1.82) is 0 Å². The molecule has 7 nitrogen and oxygen atoms in total. The quantitative estimate of drug-likeness (QED) is 0.573. The molecule has 30 heavy (non-hydrogen) atoms. The summed E-state index contributed by atoms with van der Waals surface area (Å²) in [4.78, 5) is 15.1. The molecular weight excluding hydrogens is 376 g/mol. The monoisotopic (exact) mass is 398 g/mol. The Morgan fingerprint density at radius 2 is 1.90 bits per heavy atom. The van der Waals surface area contributed by atoms with Crippen molar-refractivity contribution in [1.82, 2.24) is 24.9 Å². The maximum atomic E-state index is 12.8. The van der Waals surface area contributed by atoms with Gasteiger partial charge in [-0.1, -0.05) is 12.1 Å². The van der Waals surface area contributed by atoms with E-state index in [1.54, 1.807) is 4.68 Å². The molecule has 7 heteroatoms. The maximum Gasteiger partial charge on any atom is 0.256 e. The number of carbonyl (C=O) groups is 1. The third-order valence-corrected chi connectivity index (χ3v) is 5.54. The van der Waals surface area contributed by atoms with E-state index in [2.05, 4.69) is 32.6 Å². The normalized spacial score (nSPS) is 13.9. The fourth-order valence-electron chi connectivity index (χ4n) is 3.88. The highest BCUT2D eigenvalue weighted by Crippen LogP contribution is 2.24. The molecule has 0 fully saturated rings. The molecule has 5 rings (SSSR count). The number of rotatable bonds is 3. The van der Waals surface area contributed by atoms with Crippen LogP contribution >= 0.6 is 0 Å². The molecule has 1 aliphatic rings. The second kappa shape index (κ2) is 7.35. The van der Waals surface area contributed by atoms with Gasteiger partial charge in [0.2, 0.25) is 0 Å². The number of amides is 1. The summed E-state index contributed by atoms with van der Waals surface area (Å²) in [5.74, 6) is 0.266. The second-order valence-electron chi connectivity index (χ2n) is 7.83. The lowest BCUT2D eigenvalue weighted by atomic mass is 9.97. The number of anilines is 1. The second-order valence-corrected chi connectivity index (χ2v) is 7.83. The summed E-state index contributed by atoms with van der Waals surface area (Å²) in [7, 11) is 4.00. The average Bonchev–Trinajstić information content (AvgIpc) is 3.19. The zero-order chi connectivity index (χ0) is 20.7. The Bertz CT molecular complexity index is 1260. The number of carbonyl (C=O) groups excluding carboxylic acids is 1. The lowest BCUT2D eigenvalue weighted by molar-refractivity contribution is 0.102. The minimum atomic E-state index is -0.172. The molecule has 1 amide bonds. The van der Waals surface area contributed by atoms with Gasteiger partial charge in [-0.2, -0.15) is 5.10 Å². The van der Waals surface area contributed by atoms with Crippen molar-refractivity contribution in [2.75, 3.05) is 18.9 Å². The van der Waals surface area contributed by atoms with Crippen LogP contribution < -0.4 is 5.32 Å². The van der Waals surface area contributed by atoms with E-state index in [-0.39, 0.29) is 5.91 Å². The molecule has 150 valence electrons. The Morgan fingerprint density at radius 3 is 2.73 bits per heavy atom. The molecule has 0 bridgehead atoms. The summed E-state index contributed by atoms with van der Waals surface area (Å²) in [6, 6.07) is 13.7. The largest absolute Gasteiger partial charge is 0.305 e. The van der Waals surface area contributed by atoms with Crippen molar-refractivity contribution in [2.45, 2.75) is 13.0 Å². The Labute approximate surface area is 174 Å². The molecule has 0 radical (unpaired) electrons. The summed E-state index contributed by atoms with van der Waals surface area (Å²) < 4.78 is 1.77. The lowest BCUT2D eigenvalue weighted by Crippen LogP contribution is -2.27. The van der Waals surface area contributed by atoms with E-state index in [4.69, 9.17) is 0 Å². The van der Waals surface area contributed by atoms with E-state index in [0.29, 0.717) is 11.4 Å². The van der Waals surface area contributed by atoms with Crippen LogP contribution in [-0.2, 0) is 20.0 Å². The van der Waals surface area contributed by atoms with Crippen LogP contribution in [0.5, 0.6) is 0 Å². The number of nitrogens with one attached hydrogen (secondary N) is 1. The van der Waals surface area contributed by atoms with Crippen LogP contribution in [0.1, 0.15) is 21.5 Å². The molecule has 0 saturated carbocycles. The highest BCUT2D eigenvalue weighted by atomic mass is 16.1. The molecule has 1 N–H and O–H groups in total. The van der Waals surface area contributed by atoms with E-state index in [0.717, 1.165) is 41.5 Å². The molecule has 0 saturated heterocycles. The molecule has 0 unspecified atom stereocenters. The minimum Gasteiger partial charge on any atom is -0.305 e. The molecule has 0 atom stereocenters. The zero-order valence-electron chi connectivity index (χ0n) is 17.0. The van der Waals surface area contributed by atoms with Crippen LogP contribution in [0.2, 0.25) is 0 Å². The van der Waals surface area contributed by atoms with Gasteiger partial charge >= 0.3 is 0 Å². The average molecular weight is 398 g/mol. The highest BCUT2D eigenvalue weighted by Gasteiger charge is 2.16. The van der Waals surface area contributed by atoms with Crippen molar-refractivity contribution in [3.8, 4) is 11.1 Å². The van der Waals surface area contributed by atoms with Crippen molar-refractivity contribution in [3.05, 3.63) is 71.5 Å². The fraction of sp³-hybridized carbons (Fsp3) is 0.217. The number of benzene rings is 2. The van der Waals surface area contributed by atoms with E-state index < -0.39 is 0 Å².